The lowest BCUT2D eigenvalue weighted by Gasteiger charge is -2.51. The lowest BCUT2D eigenvalue weighted by Crippen LogP contribution is -2.41. The molecular weight excluding hydrogens is 867 g/mol. The number of ether oxygens (including phenoxy) is 4. The fourth-order valence-electron chi connectivity index (χ4n) is 10.6. The molecule has 5 aromatic rings. The first kappa shape index (κ1) is 51.8. The topological polar surface area (TPSA) is 74.3 Å². The van der Waals surface area contributed by atoms with Gasteiger partial charge in [-0.1, -0.05) is 160 Å². The molecule has 0 saturated heterocycles. The van der Waals surface area contributed by atoms with Crippen LogP contribution in [0.25, 0.3) is 0 Å². The molecular formula is C63H77NO6. The maximum atomic E-state index is 13.7. The van der Waals surface area contributed by atoms with E-state index in [1.807, 2.05) is 93.6 Å². The van der Waals surface area contributed by atoms with Crippen molar-refractivity contribution in [1.82, 2.24) is 0 Å². The van der Waals surface area contributed by atoms with E-state index in [1.54, 1.807) is 0 Å². The van der Waals surface area contributed by atoms with E-state index < -0.39 is 17.4 Å². The highest BCUT2D eigenvalue weighted by molar-refractivity contribution is 5.97. The molecule has 370 valence electrons. The Hall–Kier alpha value is -6.08. The van der Waals surface area contributed by atoms with Crippen molar-refractivity contribution in [2.24, 2.45) is 21.7 Å². The van der Waals surface area contributed by atoms with E-state index in [-0.39, 0.29) is 39.5 Å². The van der Waals surface area contributed by atoms with E-state index >= 15 is 0 Å². The minimum Gasteiger partial charge on any atom is -0.456 e. The second-order valence-corrected chi connectivity index (χ2v) is 24.1. The van der Waals surface area contributed by atoms with Crippen molar-refractivity contribution in [3.8, 4) is 17.2 Å². The van der Waals surface area contributed by atoms with Crippen LogP contribution in [0.4, 0.5) is 10.5 Å². The summed E-state index contributed by atoms with van der Waals surface area (Å²) in [5, 5.41) is 0. The van der Waals surface area contributed by atoms with Crippen molar-refractivity contribution in [1.29, 1.82) is 0 Å². The monoisotopic (exact) mass is 944 g/mol. The second-order valence-electron chi connectivity index (χ2n) is 24.1. The highest BCUT2D eigenvalue weighted by atomic mass is 16.7. The third kappa shape index (κ3) is 10.9. The maximum absolute atomic E-state index is 13.7. The molecule has 3 unspecified atom stereocenters. The molecule has 0 amide bonds. The molecule has 0 radical (unpaired) electrons. The van der Waals surface area contributed by atoms with Gasteiger partial charge in [-0.05, 0) is 140 Å². The summed E-state index contributed by atoms with van der Waals surface area (Å²) in [4.78, 5) is 28.6. The fourth-order valence-corrected chi connectivity index (χ4v) is 10.6. The Labute approximate surface area is 419 Å². The molecule has 5 aromatic carbocycles. The zero-order valence-electron chi connectivity index (χ0n) is 44.6. The van der Waals surface area contributed by atoms with E-state index in [9.17, 15) is 9.59 Å². The average Bonchev–Trinajstić information content (AvgIpc) is 3.56. The Kier molecular flexibility index (Phi) is 14.5. The number of nitrogens with zero attached hydrogens (tertiary/aromatic N) is 1. The minimum atomic E-state index is -1.18. The van der Waals surface area contributed by atoms with Crippen LogP contribution < -0.4 is 14.4 Å². The van der Waals surface area contributed by atoms with Crippen molar-refractivity contribution >= 4 is 17.8 Å². The van der Waals surface area contributed by atoms with Gasteiger partial charge in [0.15, 0.2) is 5.60 Å². The quantitative estimate of drug-likeness (QED) is 0.0911. The number of fused-ring (bicyclic) bond motifs is 6. The summed E-state index contributed by atoms with van der Waals surface area (Å²) in [6.45, 7) is 35.1. The van der Waals surface area contributed by atoms with Crippen molar-refractivity contribution in [2.75, 3.05) is 11.4 Å². The van der Waals surface area contributed by atoms with Gasteiger partial charge in [-0.15, -0.1) is 0 Å². The van der Waals surface area contributed by atoms with Crippen LogP contribution in [0, 0.1) is 28.6 Å². The lowest BCUT2D eigenvalue weighted by atomic mass is 9.53. The molecule has 0 fully saturated rings. The van der Waals surface area contributed by atoms with Gasteiger partial charge in [-0.3, -0.25) is 0 Å². The molecule has 0 N–H and O–H groups in total. The molecule has 2 aliphatic heterocycles. The van der Waals surface area contributed by atoms with E-state index in [1.165, 1.54) is 16.7 Å². The first-order valence-corrected chi connectivity index (χ1v) is 25.2. The normalized spacial score (nSPS) is 16.4. The first-order valence-electron chi connectivity index (χ1n) is 25.2. The Morgan fingerprint density at radius 3 is 1.97 bits per heavy atom. The molecule has 0 bridgehead atoms. The SMILES string of the molecule is CCN(Cc1cccc(C(CC(C)(C)C(C)(C)C(CC(C)(C)C)c2ccc(OC(=O)OC(C)(C)C)cc2)C(C)(C)C)c1)c1ccc2c(c1)Oc1cccccccc(C)c1C21OC(=O)c2ccccc21. The number of carbonyl (C=O) groups excluding carboxylic acids is 2. The average molecular weight is 944 g/mol. The molecule has 2 heterocycles. The minimum absolute atomic E-state index is 0.0263. The predicted molar refractivity (Wildman–Crippen MR) is 285 cm³/mol. The molecule has 7 nitrogen and oxygen atoms in total. The van der Waals surface area contributed by atoms with E-state index in [0.717, 1.165) is 47.3 Å². The summed E-state index contributed by atoms with van der Waals surface area (Å²) in [5.41, 5.74) is 6.78. The van der Waals surface area contributed by atoms with Gasteiger partial charge in [0.2, 0.25) is 0 Å². The molecule has 7 heteroatoms. The summed E-state index contributed by atoms with van der Waals surface area (Å²) in [6, 6.07) is 45.3. The highest BCUT2D eigenvalue weighted by Gasteiger charge is 2.54. The predicted octanol–water partition coefficient (Wildman–Crippen LogP) is 16.8. The first-order chi connectivity index (χ1) is 32.7. The Morgan fingerprint density at radius 1 is 0.657 bits per heavy atom. The summed E-state index contributed by atoms with van der Waals surface area (Å²) in [6.07, 6.45) is 1.27. The van der Waals surface area contributed by atoms with Crippen LogP contribution in [0.15, 0.2) is 133 Å². The molecule has 1 spiro atoms. The van der Waals surface area contributed by atoms with E-state index in [0.29, 0.717) is 29.4 Å². The molecule has 0 aromatic heterocycles. The van der Waals surface area contributed by atoms with Gasteiger partial charge < -0.3 is 23.8 Å². The van der Waals surface area contributed by atoms with Gasteiger partial charge >= 0.3 is 12.1 Å². The number of aryl methyl sites for hydroxylation is 1. The summed E-state index contributed by atoms with van der Waals surface area (Å²) >= 11 is 0. The van der Waals surface area contributed by atoms with Gasteiger partial charge in [0.05, 0.1) is 11.1 Å². The highest BCUT2D eigenvalue weighted by Crippen LogP contribution is 2.59. The molecule has 70 heavy (non-hydrogen) atoms. The van der Waals surface area contributed by atoms with Crippen LogP contribution in [-0.2, 0) is 21.6 Å². The van der Waals surface area contributed by atoms with Crippen molar-refractivity contribution < 1.29 is 28.5 Å². The van der Waals surface area contributed by atoms with Crippen LogP contribution >= 0.6 is 0 Å². The van der Waals surface area contributed by atoms with Crippen molar-refractivity contribution in [3.05, 3.63) is 178 Å². The molecule has 7 rings (SSSR count). The molecule has 2 aliphatic rings. The van der Waals surface area contributed by atoms with Crippen molar-refractivity contribution in [2.45, 2.75) is 146 Å². The zero-order valence-corrected chi connectivity index (χ0v) is 44.6. The Bertz CT molecular complexity index is 2760. The van der Waals surface area contributed by atoms with Crippen LogP contribution in [0.3, 0.4) is 0 Å². The van der Waals surface area contributed by atoms with E-state index in [4.69, 9.17) is 18.9 Å². The summed E-state index contributed by atoms with van der Waals surface area (Å²) in [5.74, 6) is 1.92. The lowest BCUT2D eigenvalue weighted by molar-refractivity contribution is 0.0199. The fraction of sp³-hybridized carbons (Fsp3) is 0.429. The number of benzene rings is 4. The van der Waals surface area contributed by atoms with Gasteiger partial charge in [-0.2, -0.15) is 0 Å². The van der Waals surface area contributed by atoms with Crippen LogP contribution in [0.1, 0.15) is 171 Å². The van der Waals surface area contributed by atoms with Crippen LogP contribution in [0.2, 0.25) is 0 Å². The number of carbonyl (C=O) groups is 2. The van der Waals surface area contributed by atoms with Gasteiger partial charge in [-0.25, -0.2) is 9.59 Å². The van der Waals surface area contributed by atoms with Crippen LogP contribution in [0.5, 0.6) is 17.2 Å². The Morgan fingerprint density at radius 2 is 1.31 bits per heavy atom. The molecule has 3 atom stereocenters. The largest absolute Gasteiger partial charge is 0.514 e. The van der Waals surface area contributed by atoms with Gasteiger partial charge in [0.25, 0.3) is 0 Å². The number of anilines is 1. The van der Waals surface area contributed by atoms with Crippen LogP contribution in [-0.4, -0.2) is 24.3 Å². The van der Waals surface area contributed by atoms with Crippen molar-refractivity contribution in [3.63, 3.8) is 0 Å². The number of hydrogen-bond acceptors (Lipinski definition) is 7. The number of hydrogen-bond donors (Lipinski definition) is 0. The molecule has 0 saturated carbocycles. The second kappa shape index (κ2) is 19.6. The Balaban J connectivity index is 1.19. The maximum Gasteiger partial charge on any atom is 0.514 e. The third-order valence-corrected chi connectivity index (χ3v) is 14.9. The zero-order chi connectivity index (χ0) is 51.0. The summed E-state index contributed by atoms with van der Waals surface area (Å²) < 4.78 is 24.5. The summed E-state index contributed by atoms with van der Waals surface area (Å²) in [7, 11) is 0. The standard InChI is InChI=1S/C63H77NO6/c1-16-64(46-33-36-50-54(38-46)68-53-30-21-19-17-18-20-25-42(2)55(53)63(50)49-29-23-22-28-48(49)56(65)69-63)41-43-26-24-27-45(37-43)51(59(6,7)8)40-61(12,13)62(14,15)52(39-58(3,4)5)44-31-34-47(35-32-44)67-57(66)70-60(9,10)11/h17-38,51-52H,16,39-41H2,1-15H3. The number of esters is 1. The van der Waals surface area contributed by atoms with Gasteiger partial charge in [0, 0.05) is 36.0 Å². The van der Waals surface area contributed by atoms with Gasteiger partial charge in [0.1, 0.15) is 22.8 Å². The molecule has 0 aliphatic carbocycles. The van der Waals surface area contributed by atoms with E-state index in [2.05, 4.69) is 149 Å². The third-order valence-electron chi connectivity index (χ3n) is 14.9. The number of rotatable bonds is 12. The smallest absolute Gasteiger partial charge is 0.456 e.